The Kier molecular flexibility index (Phi) is 4.84. The van der Waals surface area contributed by atoms with E-state index >= 15 is 0 Å². The molecule has 0 radical (unpaired) electrons. The largest absolute Gasteiger partial charge is 0.491 e. The van der Waals surface area contributed by atoms with E-state index in [9.17, 15) is 0 Å². The molecular formula is C17H20BrNO. The lowest BCUT2D eigenvalue weighted by Crippen LogP contribution is -2.13. The number of nitrogens with two attached hydrogens (primary N) is 1. The van der Waals surface area contributed by atoms with Crippen LogP contribution < -0.4 is 10.5 Å². The number of benzene rings is 2. The zero-order valence-corrected chi connectivity index (χ0v) is 13.6. The zero-order chi connectivity index (χ0) is 14.7. The van der Waals surface area contributed by atoms with Crippen LogP contribution in [0.2, 0.25) is 0 Å². The summed E-state index contributed by atoms with van der Waals surface area (Å²) in [4.78, 5) is 0. The monoisotopic (exact) mass is 333 g/mol. The Morgan fingerprint density at radius 1 is 1.10 bits per heavy atom. The molecule has 0 amide bonds. The van der Waals surface area contributed by atoms with Crippen molar-refractivity contribution in [3.63, 3.8) is 0 Å². The average Bonchev–Trinajstić information content (AvgIpc) is 2.40. The summed E-state index contributed by atoms with van der Waals surface area (Å²) in [5, 5.41) is 0. The van der Waals surface area contributed by atoms with Crippen molar-refractivity contribution in [3.05, 3.63) is 63.6 Å². The van der Waals surface area contributed by atoms with Crippen LogP contribution in [0.5, 0.6) is 5.75 Å². The van der Waals surface area contributed by atoms with E-state index in [1.165, 1.54) is 5.56 Å². The number of ether oxygens (including phenoxy) is 1. The first-order valence-electron chi connectivity index (χ1n) is 6.75. The topological polar surface area (TPSA) is 35.2 Å². The van der Waals surface area contributed by atoms with E-state index in [0.717, 1.165) is 21.3 Å². The third kappa shape index (κ3) is 3.62. The lowest BCUT2D eigenvalue weighted by molar-refractivity contribution is 0.242. The van der Waals surface area contributed by atoms with Gasteiger partial charge in [-0.1, -0.05) is 45.8 Å². The van der Waals surface area contributed by atoms with Crippen LogP contribution in [0.1, 0.15) is 36.6 Å². The molecule has 106 valence electrons. The summed E-state index contributed by atoms with van der Waals surface area (Å²) in [6.45, 7) is 6.11. The van der Waals surface area contributed by atoms with Gasteiger partial charge in [0.1, 0.15) is 5.75 Å². The maximum Gasteiger partial charge on any atom is 0.120 e. The minimum Gasteiger partial charge on any atom is -0.491 e. The number of aryl methyl sites for hydroxylation is 1. The van der Waals surface area contributed by atoms with Gasteiger partial charge in [0.25, 0.3) is 0 Å². The van der Waals surface area contributed by atoms with Crippen molar-refractivity contribution >= 4 is 15.9 Å². The lowest BCUT2D eigenvalue weighted by Gasteiger charge is -2.17. The second-order valence-corrected chi connectivity index (χ2v) is 6.10. The summed E-state index contributed by atoms with van der Waals surface area (Å²) in [5.41, 5.74) is 9.74. The molecule has 2 rings (SSSR count). The van der Waals surface area contributed by atoms with Crippen LogP contribution in [0.4, 0.5) is 0 Å². The van der Waals surface area contributed by atoms with Crippen molar-refractivity contribution in [1.29, 1.82) is 0 Å². The van der Waals surface area contributed by atoms with Gasteiger partial charge in [0, 0.05) is 4.47 Å². The minimum absolute atomic E-state index is 0.159. The quantitative estimate of drug-likeness (QED) is 0.887. The van der Waals surface area contributed by atoms with E-state index in [-0.39, 0.29) is 12.1 Å². The molecule has 0 aliphatic carbocycles. The molecule has 1 unspecified atom stereocenters. The van der Waals surface area contributed by atoms with E-state index < -0.39 is 0 Å². The van der Waals surface area contributed by atoms with Gasteiger partial charge < -0.3 is 10.5 Å². The maximum atomic E-state index is 6.40. The molecule has 2 aromatic carbocycles. The lowest BCUT2D eigenvalue weighted by atomic mass is 9.98. The summed E-state index contributed by atoms with van der Waals surface area (Å²) in [5.74, 6) is 0.858. The summed E-state index contributed by atoms with van der Waals surface area (Å²) in [6.07, 6.45) is 0.159. The molecule has 2 aromatic rings. The van der Waals surface area contributed by atoms with Crippen molar-refractivity contribution in [2.45, 2.75) is 32.9 Å². The molecule has 0 saturated heterocycles. The van der Waals surface area contributed by atoms with Crippen molar-refractivity contribution in [2.75, 3.05) is 0 Å². The maximum absolute atomic E-state index is 6.40. The van der Waals surface area contributed by atoms with Crippen molar-refractivity contribution in [3.8, 4) is 5.75 Å². The van der Waals surface area contributed by atoms with Gasteiger partial charge in [-0.25, -0.2) is 0 Å². The predicted molar refractivity (Wildman–Crippen MR) is 87.1 cm³/mol. The highest BCUT2D eigenvalue weighted by Crippen LogP contribution is 2.29. The first-order valence-corrected chi connectivity index (χ1v) is 7.55. The Bertz CT molecular complexity index is 595. The van der Waals surface area contributed by atoms with Crippen LogP contribution in [0.3, 0.4) is 0 Å². The molecule has 0 saturated carbocycles. The highest BCUT2D eigenvalue weighted by Gasteiger charge is 2.13. The van der Waals surface area contributed by atoms with Crippen LogP contribution in [-0.2, 0) is 0 Å². The molecule has 0 bridgehead atoms. The fourth-order valence-corrected chi connectivity index (χ4v) is 2.63. The third-order valence-corrected chi connectivity index (χ3v) is 3.80. The van der Waals surface area contributed by atoms with E-state index in [2.05, 4.69) is 35.0 Å². The molecule has 3 heteroatoms. The van der Waals surface area contributed by atoms with Crippen LogP contribution in [0.25, 0.3) is 0 Å². The predicted octanol–water partition coefficient (Wildman–Crippen LogP) is 4.59. The van der Waals surface area contributed by atoms with Gasteiger partial charge >= 0.3 is 0 Å². The SMILES string of the molecule is Cc1ccc(Br)c(C(N)c2cccc(OC(C)C)c2)c1. The van der Waals surface area contributed by atoms with Crippen LogP contribution in [0.15, 0.2) is 46.9 Å². The van der Waals surface area contributed by atoms with E-state index in [1.807, 2.05) is 44.2 Å². The van der Waals surface area contributed by atoms with E-state index in [1.54, 1.807) is 0 Å². The number of hydrogen-bond acceptors (Lipinski definition) is 2. The molecule has 0 aliphatic heterocycles. The van der Waals surface area contributed by atoms with Crippen LogP contribution in [0, 0.1) is 6.92 Å². The standard InChI is InChI=1S/C17H20BrNO/c1-11(2)20-14-6-4-5-13(10-14)17(19)15-9-12(3)7-8-16(15)18/h4-11,17H,19H2,1-3H3. The molecule has 0 heterocycles. The van der Waals surface area contributed by atoms with Gasteiger partial charge in [0.05, 0.1) is 12.1 Å². The Labute approximate surface area is 129 Å². The van der Waals surface area contributed by atoms with Crippen molar-refractivity contribution in [1.82, 2.24) is 0 Å². The van der Waals surface area contributed by atoms with Gasteiger partial charge in [-0.05, 0) is 50.1 Å². The first kappa shape index (κ1) is 15.1. The van der Waals surface area contributed by atoms with Crippen molar-refractivity contribution < 1.29 is 4.74 Å². The smallest absolute Gasteiger partial charge is 0.120 e. The van der Waals surface area contributed by atoms with Gasteiger partial charge in [-0.3, -0.25) is 0 Å². The Morgan fingerprint density at radius 3 is 2.55 bits per heavy atom. The van der Waals surface area contributed by atoms with Gasteiger partial charge in [0.2, 0.25) is 0 Å². The Hall–Kier alpha value is -1.32. The summed E-state index contributed by atoms with van der Waals surface area (Å²) in [6, 6.07) is 14.0. The zero-order valence-electron chi connectivity index (χ0n) is 12.1. The number of hydrogen-bond donors (Lipinski definition) is 1. The molecule has 1 atom stereocenters. The van der Waals surface area contributed by atoms with Gasteiger partial charge in [-0.15, -0.1) is 0 Å². The van der Waals surface area contributed by atoms with Gasteiger partial charge in [0.15, 0.2) is 0 Å². The normalized spacial score (nSPS) is 12.5. The fraction of sp³-hybridized carbons (Fsp3) is 0.294. The molecule has 0 aromatic heterocycles. The third-order valence-electron chi connectivity index (χ3n) is 3.08. The molecular weight excluding hydrogens is 314 g/mol. The Balaban J connectivity index is 2.33. The van der Waals surface area contributed by atoms with Gasteiger partial charge in [-0.2, -0.15) is 0 Å². The highest BCUT2D eigenvalue weighted by molar-refractivity contribution is 9.10. The van der Waals surface area contributed by atoms with Crippen molar-refractivity contribution in [2.24, 2.45) is 5.73 Å². The molecule has 20 heavy (non-hydrogen) atoms. The summed E-state index contributed by atoms with van der Waals surface area (Å²) in [7, 11) is 0. The minimum atomic E-state index is -0.167. The van der Waals surface area contributed by atoms with E-state index in [0.29, 0.717) is 0 Å². The summed E-state index contributed by atoms with van der Waals surface area (Å²) < 4.78 is 6.76. The van der Waals surface area contributed by atoms with E-state index in [4.69, 9.17) is 10.5 Å². The Morgan fingerprint density at radius 2 is 1.85 bits per heavy atom. The van der Waals surface area contributed by atoms with Crippen LogP contribution >= 0.6 is 15.9 Å². The molecule has 0 spiro atoms. The molecule has 2 nitrogen and oxygen atoms in total. The number of rotatable bonds is 4. The molecule has 0 aliphatic rings. The highest BCUT2D eigenvalue weighted by atomic mass is 79.9. The first-order chi connectivity index (χ1) is 9.47. The average molecular weight is 334 g/mol. The molecule has 2 N–H and O–H groups in total. The van der Waals surface area contributed by atoms with Crippen LogP contribution in [-0.4, -0.2) is 6.10 Å². The second-order valence-electron chi connectivity index (χ2n) is 5.24. The number of halogens is 1. The summed E-state index contributed by atoms with van der Waals surface area (Å²) >= 11 is 3.58. The molecule has 0 fully saturated rings. The second kappa shape index (κ2) is 6.42. The fourth-order valence-electron chi connectivity index (χ4n) is 2.13.